The summed E-state index contributed by atoms with van der Waals surface area (Å²) in [5.74, 6) is 1.09. The van der Waals surface area contributed by atoms with Gasteiger partial charge in [0.2, 0.25) is 5.91 Å². The van der Waals surface area contributed by atoms with Gasteiger partial charge < -0.3 is 15.2 Å². The molecule has 118 valence electrons. The van der Waals surface area contributed by atoms with E-state index in [0.29, 0.717) is 25.4 Å². The largest absolute Gasteiger partial charge is 0.493 e. The minimum Gasteiger partial charge on any atom is -0.493 e. The Morgan fingerprint density at radius 3 is 2.62 bits per heavy atom. The summed E-state index contributed by atoms with van der Waals surface area (Å²) in [7, 11) is 0. The van der Waals surface area contributed by atoms with Gasteiger partial charge in [-0.25, -0.2) is 0 Å². The van der Waals surface area contributed by atoms with E-state index < -0.39 is 0 Å². The van der Waals surface area contributed by atoms with Crippen LogP contribution in [0.15, 0.2) is 18.2 Å². The van der Waals surface area contributed by atoms with Gasteiger partial charge in [-0.3, -0.25) is 4.79 Å². The summed E-state index contributed by atoms with van der Waals surface area (Å²) in [5, 5.41) is 11.9. The van der Waals surface area contributed by atoms with Gasteiger partial charge in [-0.1, -0.05) is 31.5 Å². The second-order valence-corrected chi connectivity index (χ2v) is 5.80. The number of hydrogen-bond donors (Lipinski definition) is 2. The molecule has 1 rings (SSSR count). The van der Waals surface area contributed by atoms with Crippen molar-refractivity contribution in [3.8, 4) is 5.75 Å². The molecular weight excluding hydrogens is 266 g/mol. The number of aliphatic hydroxyl groups is 1. The van der Waals surface area contributed by atoms with E-state index in [1.807, 2.05) is 39.8 Å². The Bertz CT molecular complexity index is 457. The van der Waals surface area contributed by atoms with E-state index in [9.17, 15) is 4.79 Å². The van der Waals surface area contributed by atoms with E-state index >= 15 is 0 Å². The Balaban J connectivity index is 2.39. The van der Waals surface area contributed by atoms with Crippen molar-refractivity contribution in [2.24, 2.45) is 5.92 Å². The molecule has 2 N–H and O–H groups in total. The van der Waals surface area contributed by atoms with E-state index in [0.717, 1.165) is 11.3 Å². The zero-order chi connectivity index (χ0) is 15.8. The molecule has 0 aliphatic rings. The SMILES string of the molecule is Cc1ccc(OCCC(=O)NC(CCO)C(C)C)c(C)c1. The predicted molar refractivity (Wildman–Crippen MR) is 84.5 cm³/mol. The zero-order valence-corrected chi connectivity index (χ0v) is 13.5. The minimum absolute atomic E-state index is 0.0172. The van der Waals surface area contributed by atoms with Crippen LogP contribution in [-0.2, 0) is 4.79 Å². The molecule has 0 radical (unpaired) electrons. The topological polar surface area (TPSA) is 58.6 Å². The number of nitrogens with one attached hydrogen (secondary N) is 1. The van der Waals surface area contributed by atoms with Crippen molar-refractivity contribution >= 4 is 5.91 Å². The lowest BCUT2D eigenvalue weighted by molar-refractivity contribution is -0.122. The van der Waals surface area contributed by atoms with Gasteiger partial charge in [-0.2, -0.15) is 0 Å². The summed E-state index contributed by atoms with van der Waals surface area (Å²) in [6.07, 6.45) is 0.906. The Labute approximate surface area is 127 Å². The first kappa shape index (κ1) is 17.5. The van der Waals surface area contributed by atoms with Crippen LogP contribution in [0.1, 0.15) is 37.8 Å². The molecule has 0 saturated carbocycles. The molecule has 0 aromatic heterocycles. The number of hydrogen-bond acceptors (Lipinski definition) is 3. The van der Waals surface area contributed by atoms with Crippen LogP contribution < -0.4 is 10.1 Å². The maximum Gasteiger partial charge on any atom is 0.223 e. The predicted octanol–water partition coefficient (Wildman–Crippen LogP) is 2.60. The summed E-state index contributed by atoms with van der Waals surface area (Å²) < 4.78 is 5.65. The Morgan fingerprint density at radius 2 is 2.05 bits per heavy atom. The van der Waals surface area contributed by atoms with E-state index in [4.69, 9.17) is 9.84 Å². The molecule has 0 aliphatic heterocycles. The summed E-state index contributed by atoms with van der Waals surface area (Å²) in [6.45, 7) is 8.55. The van der Waals surface area contributed by atoms with Crippen LogP contribution in [0.25, 0.3) is 0 Å². The lowest BCUT2D eigenvalue weighted by Crippen LogP contribution is -2.39. The second kappa shape index (κ2) is 8.67. The standard InChI is InChI=1S/C17H27NO3/c1-12(2)15(7-9-19)18-17(20)8-10-21-16-6-5-13(3)11-14(16)4/h5-6,11-12,15,19H,7-10H2,1-4H3,(H,18,20). The Hall–Kier alpha value is -1.55. The highest BCUT2D eigenvalue weighted by Crippen LogP contribution is 2.18. The van der Waals surface area contributed by atoms with Gasteiger partial charge in [0.15, 0.2) is 0 Å². The van der Waals surface area contributed by atoms with Gasteiger partial charge in [0.25, 0.3) is 0 Å². The van der Waals surface area contributed by atoms with Crippen molar-refractivity contribution in [1.29, 1.82) is 0 Å². The van der Waals surface area contributed by atoms with Crippen LogP contribution in [0.5, 0.6) is 5.75 Å². The molecule has 0 aliphatic carbocycles. The number of aliphatic hydroxyl groups excluding tert-OH is 1. The van der Waals surface area contributed by atoms with Gasteiger partial charge in [-0.05, 0) is 37.8 Å². The minimum atomic E-state index is -0.0353. The molecule has 1 aromatic carbocycles. The average Bonchev–Trinajstić information content (AvgIpc) is 2.40. The highest BCUT2D eigenvalue weighted by molar-refractivity contribution is 5.76. The molecule has 4 nitrogen and oxygen atoms in total. The summed E-state index contributed by atoms with van der Waals surface area (Å²) in [6, 6.07) is 6.01. The summed E-state index contributed by atoms with van der Waals surface area (Å²) in [5.41, 5.74) is 2.28. The van der Waals surface area contributed by atoms with E-state index in [2.05, 4.69) is 11.4 Å². The fraction of sp³-hybridized carbons (Fsp3) is 0.588. The van der Waals surface area contributed by atoms with Gasteiger partial charge in [-0.15, -0.1) is 0 Å². The lowest BCUT2D eigenvalue weighted by atomic mass is 10.0. The quantitative estimate of drug-likeness (QED) is 0.774. The number of aryl methyl sites for hydroxylation is 2. The van der Waals surface area contributed by atoms with Crippen molar-refractivity contribution in [1.82, 2.24) is 5.32 Å². The zero-order valence-electron chi connectivity index (χ0n) is 13.5. The molecule has 0 heterocycles. The third kappa shape index (κ3) is 6.17. The summed E-state index contributed by atoms with van der Waals surface area (Å²) in [4.78, 5) is 11.9. The first-order chi connectivity index (χ1) is 9.93. The molecule has 1 unspecified atom stereocenters. The third-order valence-corrected chi connectivity index (χ3v) is 3.51. The molecule has 0 saturated heterocycles. The fourth-order valence-corrected chi connectivity index (χ4v) is 2.21. The Morgan fingerprint density at radius 1 is 1.33 bits per heavy atom. The molecule has 0 spiro atoms. The molecule has 0 bridgehead atoms. The second-order valence-electron chi connectivity index (χ2n) is 5.80. The van der Waals surface area contributed by atoms with Crippen LogP contribution in [-0.4, -0.2) is 30.3 Å². The normalized spacial score (nSPS) is 12.3. The van der Waals surface area contributed by atoms with Crippen LogP contribution in [0.3, 0.4) is 0 Å². The number of amides is 1. The average molecular weight is 293 g/mol. The molecule has 4 heteroatoms. The molecule has 21 heavy (non-hydrogen) atoms. The monoisotopic (exact) mass is 293 g/mol. The van der Waals surface area contributed by atoms with Crippen molar-refractivity contribution in [3.05, 3.63) is 29.3 Å². The van der Waals surface area contributed by atoms with Crippen LogP contribution in [0, 0.1) is 19.8 Å². The molecular formula is C17H27NO3. The first-order valence-corrected chi connectivity index (χ1v) is 7.54. The fourth-order valence-electron chi connectivity index (χ4n) is 2.21. The molecule has 0 fully saturated rings. The van der Waals surface area contributed by atoms with E-state index in [1.54, 1.807) is 0 Å². The van der Waals surface area contributed by atoms with Gasteiger partial charge in [0, 0.05) is 12.6 Å². The van der Waals surface area contributed by atoms with E-state index in [1.165, 1.54) is 5.56 Å². The smallest absolute Gasteiger partial charge is 0.223 e. The molecule has 1 aromatic rings. The van der Waals surface area contributed by atoms with Gasteiger partial charge in [0.05, 0.1) is 13.0 Å². The van der Waals surface area contributed by atoms with E-state index in [-0.39, 0.29) is 18.6 Å². The molecule has 1 amide bonds. The first-order valence-electron chi connectivity index (χ1n) is 7.54. The van der Waals surface area contributed by atoms with Gasteiger partial charge >= 0.3 is 0 Å². The highest BCUT2D eigenvalue weighted by Gasteiger charge is 2.15. The number of carbonyl (C=O) groups is 1. The number of rotatable bonds is 8. The number of ether oxygens (including phenoxy) is 1. The van der Waals surface area contributed by atoms with Gasteiger partial charge in [0.1, 0.15) is 5.75 Å². The van der Waals surface area contributed by atoms with Crippen LogP contribution in [0.4, 0.5) is 0 Å². The molecule has 1 atom stereocenters. The third-order valence-electron chi connectivity index (χ3n) is 3.51. The van der Waals surface area contributed by atoms with Crippen molar-refractivity contribution in [3.63, 3.8) is 0 Å². The summed E-state index contributed by atoms with van der Waals surface area (Å²) >= 11 is 0. The van der Waals surface area contributed by atoms with Crippen molar-refractivity contribution < 1.29 is 14.6 Å². The van der Waals surface area contributed by atoms with Crippen molar-refractivity contribution in [2.45, 2.75) is 46.6 Å². The maximum atomic E-state index is 11.9. The Kier molecular flexibility index (Phi) is 7.23. The highest BCUT2D eigenvalue weighted by atomic mass is 16.5. The van der Waals surface area contributed by atoms with Crippen LogP contribution >= 0.6 is 0 Å². The van der Waals surface area contributed by atoms with Crippen molar-refractivity contribution in [2.75, 3.05) is 13.2 Å². The van der Waals surface area contributed by atoms with Crippen LogP contribution in [0.2, 0.25) is 0 Å². The maximum absolute atomic E-state index is 11.9. The number of carbonyl (C=O) groups excluding carboxylic acids is 1. The lowest BCUT2D eigenvalue weighted by Gasteiger charge is -2.21. The number of benzene rings is 1.